The Morgan fingerprint density at radius 3 is 2.73 bits per heavy atom. The van der Waals surface area contributed by atoms with Gasteiger partial charge in [0.15, 0.2) is 6.61 Å². The first-order valence-electron chi connectivity index (χ1n) is 8.97. The number of nitrogens with zero attached hydrogens (tertiary/aromatic N) is 1. The highest BCUT2D eigenvalue weighted by atomic mass is 32.2. The van der Waals surface area contributed by atoms with Gasteiger partial charge < -0.3 is 15.0 Å². The second-order valence-electron chi connectivity index (χ2n) is 6.74. The van der Waals surface area contributed by atoms with Crippen molar-refractivity contribution in [3.63, 3.8) is 0 Å². The van der Waals surface area contributed by atoms with Crippen LogP contribution in [0.2, 0.25) is 0 Å². The van der Waals surface area contributed by atoms with Crippen molar-refractivity contribution in [1.29, 1.82) is 0 Å². The van der Waals surface area contributed by atoms with Crippen molar-refractivity contribution in [2.24, 2.45) is 5.92 Å². The van der Waals surface area contributed by atoms with Crippen LogP contribution < -0.4 is 5.32 Å². The summed E-state index contributed by atoms with van der Waals surface area (Å²) >= 11 is 1.53. The maximum Gasteiger partial charge on any atom is 0.311 e. The zero-order chi connectivity index (χ0) is 18.5. The standard InChI is InChI=1S/C19H24N2O4S/c1-26-16-9-5-4-8-15(16)20-17(22)12-25-19(24)13-10-18(23)21(11-13)14-6-2-3-7-14/h4-5,8-9,13-14H,2-3,6-7,10-12H2,1H3,(H,20,22)/t13-/m0/s1. The number of thioether (sulfide) groups is 1. The first kappa shape index (κ1) is 18.8. The molecule has 140 valence electrons. The molecule has 1 aliphatic heterocycles. The number of esters is 1. The molecule has 0 unspecified atom stereocenters. The van der Waals surface area contributed by atoms with Crippen LogP contribution in [0.15, 0.2) is 29.2 Å². The van der Waals surface area contributed by atoms with E-state index in [-0.39, 0.29) is 30.9 Å². The Morgan fingerprint density at radius 2 is 2.00 bits per heavy atom. The van der Waals surface area contributed by atoms with Crippen molar-refractivity contribution in [3.8, 4) is 0 Å². The number of benzene rings is 1. The van der Waals surface area contributed by atoms with E-state index in [2.05, 4.69) is 5.32 Å². The van der Waals surface area contributed by atoms with Gasteiger partial charge in [-0.3, -0.25) is 14.4 Å². The zero-order valence-corrected chi connectivity index (χ0v) is 15.7. The van der Waals surface area contributed by atoms with Crippen LogP contribution in [0.1, 0.15) is 32.1 Å². The van der Waals surface area contributed by atoms with E-state index >= 15 is 0 Å². The largest absolute Gasteiger partial charge is 0.455 e. The number of amides is 2. The van der Waals surface area contributed by atoms with Gasteiger partial charge in [-0.2, -0.15) is 0 Å². The molecule has 1 saturated carbocycles. The van der Waals surface area contributed by atoms with Gasteiger partial charge in [-0.15, -0.1) is 11.8 Å². The number of ether oxygens (including phenoxy) is 1. The third-order valence-electron chi connectivity index (χ3n) is 4.98. The number of anilines is 1. The zero-order valence-electron chi connectivity index (χ0n) is 14.9. The van der Waals surface area contributed by atoms with Crippen molar-refractivity contribution < 1.29 is 19.1 Å². The van der Waals surface area contributed by atoms with Gasteiger partial charge in [0.2, 0.25) is 5.91 Å². The Balaban J connectivity index is 1.48. The van der Waals surface area contributed by atoms with Crippen LogP contribution in [-0.4, -0.2) is 48.1 Å². The second kappa shape index (κ2) is 8.58. The summed E-state index contributed by atoms with van der Waals surface area (Å²) < 4.78 is 5.16. The van der Waals surface area contributed by atoms with Crippen molar-refractivity contribution in [1.82, 2.24) is 4.90 Å². The lowest BCUT2D eigenvalue weighted by atomic mass is 10.1. The Hall–Kier alpha value is -2.02. The molecule has 2 amide bonds. The number of hydrogen-bond donors (Lipinski definition) is 1. The molecule has 1 aromatic carbocycles. The molecule has 1 aromatic rings. The van der Waals surface area contributed by atoms with Crippen molar-refractivity contribution in [2.45, 2.75) is 43.0 Å². The summed E-state index contributed by atoms with van der Waals surface area (Å²) in [5.74, 6) is -1.28. The molecule has 2 aliphatic rings. The minimum atomic E-state index is -0.466. The van der Waals surface area contributed by atoms with E-state index in [4.69, 9.17) is 4.74 Å². The van der Waals surface area contributed by atoms with Gasteiger partial charge in [0.25, 0.3) is 5.91 Å². The lowest BCUT2D eigenvalue weighted by Gasteiger charge is -2.23. The molecule has 7 heteroatoms. The number of nitrogens with one attached hydrogen (secondary N) is 1. The Labute approximate surface area is 157 Å². The van der Waals surface area contributed by atoms with E-state index in [1.165, 1.54) is 11.8 Å². The topological polar surface area (TPSA) is 75.7 Å². The van der Waals surface area contributed by atoms with E-state index in [0.717, 1.165) is 30.6 Å². The van der Waals surface area contributed by atoms with Gasteiger partial charge in [0.1, 0.15) is 0 Å². The summed E-state index contributed by atoms with van der Waals surface area (Å²) in [5, 5.41) is 2.76. The maximum atomic E-state index is 12.2. The van der Waals surface area contributed by atoms with Gasteiger partial charge in [-0.25, -0.2) is 0 Å². The average molecular weight is 376 g/mol. The predicted octanol–water partition coefficient (Wildman–Crippen LogP) is 2.68. The van der Waals surface area contributed by atoms with Gasteiger partial charge in [0.05, 0.1) is 11.6 Å². The summed E-state index contributed by atoms with van der Waals surface area (Å²) in [7, 11) is 0. The number of rotatable bonds is 6. The van der Waals surface area contributed by atoms with E-state index < -0.39 is 11.9 Å². The highest BCUT2D eigenvalue weighted by molar-refractivity contribution is 7.98. The highest BCUT2D eigenvalue weighted by Gasteiger charge is 2.39. The molecule has 1 N–H and O–H groups in total. The molecule has 3 rings (SSSR count). The van der Waals surface area contributed by atoms with Crippen LogP contribution in [-0.2, 0) is 19.1 Å². The lowest BCUT2D eigenvalue weighted by molar-refractivity contribution is -0.151. The fourth-order valence-electron chi connectivity index (χ4n) is 3.65. The highest BCUT2D eigenvalue weighted by Crippen LogP contribution is 2.30. The van der Waals surface area contributed by atoms with Crippen LogP contribution in [0.3, 0.4) is 0 Å². The van der Waals surface area contributed by atoms with Crippen molar-refractivity contribution in [3.05, 3.63) is 24.3 Å². The number of likely N-dealkylation sites (tertiary alicyclic amines) is 1. The molecule has 1 atom stereocenters. The minimum absolute atomic E-state index is 0.0252. The van der Waals surface area contributed by atoms with Gasteiger partial charge in [0, 0.05) is 23.9 Å². The normalized spacial score (nSPS) is 20.4. The SMILES string of the molecule is CSc1ccccc1NC(=O)COC(=O)[C@H]1CC(=O)N(C2CCCC2)C1. The molecule has 26 heavy (non-hydrogen) atoms. The fourth-order valence-corrected chi connectivity index (χ4v) is 4.20. The third-order valence-corrected chi connectivity index (χ3v) is 5.78. The van der Waals surface area contributed by atoms with E-state index in [0.29, 0.717) is 12.2 Å². The summed E-state index contributed by atoms with van der Waals surface area (Å²) in [6, 6.07) is 7.72. The van der Waals surface area contributed by atoms with E-state index in [1.54, 1.807) is 6.07 Å². The Bertz CT molecular complexity index is 688. The summed E-state index contributed by atoms with van der Waals surface area (Å²) in [6.07, 6.45) is 6.43. The maximum absolute atomic E-state index is 12.2. The summed E-state index contributed by atoms with van der Waals surface area (Å²) in [6.45, 7) is 0.0783. The van der Waals surface area contributed by atoms with E-state index in [9.17, 15) is 14.4 Å². The molecule has 0 spiro atoms. The van der Waals surface area contributed by atoms with E-state index in [1.807, 2.05) is 29.4 Å². The van der Waals surface area contributed by atoms with Crippen LogP contribution >= 0.6 is 11.8 Å². The average Bonchev–Trinajstić information content (AvgIpc) is 3.29. The van der Waals surface area contributed by atoms with Gasteiger partial charge >= 0.3 is 5.97 Å². The lowest BCUT2D eigenvalue weighted by Crippen LogP contribution is -2.35. The molecule has 1 heterocycles. The molecule has 1 aliphatic carbocycles. The number of carbonyl (C=O) groups is 3. The molecule has 1 saturated heterocycles. The van der Waals surface area contributed by atoms with Crippen molar-refractivity contribution >= 4 is 35.2 Å². The van der Waals surface area contributed by atoms with Crippen LogP contribution in [0.5, 0.6) is 0 Å². The quantitative estimate of drug-likeness (QED) is 0.610. The summed E-state index contributed by atoms with van der Waals surface area (Å²) in [4.78, 5) is 39.2. The Morgan fingerprint density at radius 1 is 1.27 bits per heavy atom. The fraction of sp³-hybridized carbons (Fsp3) is 0.526. The second-order valence-corrected chi connectivity index (χ2v) is 7.59. The van der Waals surface area contributed by atoms with Crippen molar-refractivity contribution in [2.75, 3.05) is 24.7 Å². The number of hydrogen-bond acceptors (Lipinski definition) is 5. The molecular formula is C19H24N2O4S. The van der Waals surface area contributed by atoms with Crippen LogP contribution in [0, 0.1) is 5.92 Å². The molecule has 0 radical (unpaired) electrons. The Kier molecular flexibility index (Phi) is 6.19. The summed E-state index contributed by atoms with van der Waals surface area (Å²) in [5.41, 5.74) is 0.699. The minimum Gasteiger partial charge on any atom is -0.455 e. The molecule has 2 fully saturated rings. The number of para-hydroxylation sites is 1. The third kappa shape index (κ3) is 4.38. The molecule has 0 bridgehead atoms. The van der Waals surface area contributed by atoms with Crippen LogP contribution in [0.4, 0.5) is 5.69 Å². The molecular weight excluding hydrogens is 352 g/mol. The monoisotopic (exact) mass is 376 g/mol. The van der Waals surface area contributed by atoms with Gasteiger partial charge in [-0.05, 0) is 31.2 Å². The molecule has 6 nitrogen and oxygen atoms in total. The first-order chi connectivity index (χ1) is 12.6. The molecule has 0 aromatic heterocycles. The predicted molar refractivity (Wildman–Crippen MR) is 99.9 cm³/mol. The first-order valence-corrected chi connectivity index (χ1v) is 10.2. The number of carbonyl (C=O) groups excluding carboxylic acids is 3. The smallest absolute Gasteiger partial charge is 0.311 e. The van der Waals surface area contributed by atoms with Gasteiger partial charge in [-0.1, -0.05) is 25.0 Å². The van der Waals surface area contributed by atoms with Crippen LogP contribution in [0.25, 0.3) is 0 Å².